The van der Waals surface area contributed by atoms with E-state index in [9.17, 15) is 0 Å². The Morgan fingerprint density at radius 2 is 2.30 bits per heavy atom. The van der Waals surface area contributed by atoms with Crippen molar-refractivity contribution in [2.75, 3.05) is 0 Å². The van der Waals surface area contributed by atoms with Crippen molar-refractivity contribution in [3.05, 3.63) is 29.0 Å². The van der Waals surface area contributed by atoms with E-state index in [1.54, 1.807) is 12.3 Å². The van der Waals surface area contributed by atoms with Crippen molar-refractivity contribution in [1.82, 2.24) is 4.98 Å². The van der Waals surface area contributed by atoms with Crippen molar-refractivity contribution in [2.24, 2.45) is 5.73 Å². The Morgan fingerprint density at radius 1 is 1.60 bits per heavy atom. The smallest absolute Gasteiger partial charge is 0.0589 e. The van der Waals surface area contributed by atoms with E-state index in [1.165, 1.54) is 0 Å². The molecule has 0 saturated heterocycles. The second-order valence-electron chi connectivity index (χ2n) is 2.19. The normalized spacial score (nSPS) is 13.1. The lowest BCUT2D eigenvalue weighted by Gasteiger charge is -2.02. The second kappa shape index (κ2) is 2.99. The highest BCUT2D eigenvalue weighted by molar-refractivity contribution is 6.30. The van der Waals surface area contributed by atoms with Gasteiger partial charge in [0.15, 0.2) is 0 Å². The summed E-state index contributed by atoms with van der Waals surface area (Å²) in [6.45, 7) is 1.89. The van der Waals surface area contributed by atoms with Crippen LogP contribution in [-0.2, 0) is 0 Å². The first-order valence-electron chi connectivity index (χ1n) is 3.07. The van der Waals surface area contributed by atoms with E-state index >= 15 is 0 Å². The maximum Gasteiger partial charge on any atom is 0.0589 e. The summed E-state index contributed by atoms with van der Waals surface area (Å²) in [5, 5.41) is 0.643. The molecule has 0 fully saturated rings. The Bertz CT molecular complexity index is 205. The summed E-state index contributed by atoms with van der Waals surface area (Å²) in [6.07, 6.45) is 1.60. The van der Waals surface area contributed by atoms with Gasteiger partial charge in [0.1, 0.15) is 0 Å². The highest BCUT2D eigenvalue weighted by Gasteiger charge is 1.98. The predicted molar refractivity (Wildman–Crippen MR) is 41.8 cm³/mol. The zero-order valence-corrected chi connectivity index (χ0v) is 6.47. The van der Waals surface area contributed by atoms with Crippen molar-refractivity contribution in [2.45, 2.75) is 13.0 Å². The topological polar surface area (TPSA) is 38.9 Å². The number of nitrogens with zero attached hydrogens (tertiary/aromatic N) is 1. The Morgan fingerprint density at radius 3 is 2.70 bits per heavy atom. The van der Waals surface area contributed by atoms with Crippen molar-refractivity contribution >= 4 is 11.6 Å². The van der Waals surface area contributed by atoms with Crippen molar-refractivity contribution in [1.29, 1.82) is 0 Å². The summed E-state index contributed by atoms with van der Waals surface area (Å²) in [5.74, 6) is 0. The Balaban J connectivity index is 2.89. The monoisotopic (exact) mass is 156 g/mol. The average Bonchev–Trinajstić information content (AvgIpc) is 1.88. The van der Waals surface area contributed by atoms with E-state index < -0.39 is 0 Å². The molecule has 1 atom stereocenters. The predicted octanol–water partition coefficient (Wildman–Crippen LogP) is 1.75. The van der Waals surface area contributed by atoms with Crippen LogP contribution in [0.3, 0.4) is 0 Å². The molecule has 1 rings (SSSR count). The second-order valence-corrected chi connectivity index (χ2v) is 2.63. The van der Waals surface area contributed by atoms with Gasteiger partial charge in [-0.3, -0.25) is 4.98 Å². The van der Waals surface area contributed by atoms with Crippen LogP contribution in [0.25, 0.3) is 0 Å². The van der Waals surface area contributed by atoms with Crippen LogP contribution in [0.5, 0.6) is 0 Å². The van der Waals surface area contributed by atoms with Crippen LogP contribution in [0.2, 0.25) is 5.02 Å². The minimum Gasteiger partial charge on any atom is -0.323 e. The summed E-state index contributed by atoms with van der Waals surface area (Å²) in [6, 6.07) is 3.59. The number of pyridine rings is 1. The van der Waals surface area contributed by atoms with Gasteiger partial charge in [-0.05, 0) is 19.1 Å². The highest BCUT2D eigenvalue weighted by atomic mass is 35.5. The molecule has 0 radical (unpaired) electrons. The number of hydrogen-bond donors (Lipinski definition) is 1. The molecule has 54 valence electrons. The third kappa shape index (κ3) is 1.69. The number of hydrogen-bond acceptors (Lipinski definition) is 2. The van der Waals surface area contributed by atoms with Gasteiger partial charge in [-0.25, -0.2) is 0 Å². The molecule has 1 aromatic heterocycles. The molecule has 1 heterocycles. The maximum absolute atomic E-state index is 5.61. The third-order valence-electron chi connectivity index (χ3n) is 1.22. The van der Waals surface area contributed by atoms with E-state index in [1.807, 2.05) is 13.0 Å². The number of halogens is 1. The van der Waals surface area contributed by atoms with Crippen molar-refractivity contribution in [3.63, 3.8) is 0 Å². The van der Waals surface area contributed by atoms with Crippen LogP contribution >= 0.6 is 11.6 Å². The lowest BCUT2D eigenvalue weighted by atomic mass is 10.2. The molecule has 0 aromatic carbocycles. The molecule has 3 heteroatoms. The summed E-state index contributed by atoms with van der Waals surface area (Å²) < 4.78 is 0. The molecule has 0 aliphatic heterocycles. The van der Waals surface area contributed by atoms with E-state index in [2.05, 4.69) is 4.98 Å². The van der Waals surface area contributed by atoms with Crippen LogP contribution in [0.1, 0.15) is 18.7 Å². The van der Waals surface area contributed by atoms with Crippen LogP contribution < -0.4 is 5.73 Å². The van der Waals surface area contributed by atoms with Gasteiger partial charge in [-0.15, -0.1) is 0 Å². The molecule has 0 aliphatic carbocycles. The first-order chi connectivity index (χ1) is 4.70. The summed E-state index contributed by atoms with van der Waals surface area (Å²) in [4.78, 5) is 4.02. The number of rotatable bonds is 1. The first kappa shape index (κ1) is 7.51. The number of nitrogens with two attached hydrogens (primary N) is 1. The molecule has 2 nitrogen and oxygen atoms in total. The van der Waals surface area contributed by atoms with Crippen molar-refractivity contribution < 1.29 is 0 Å². The van der Waals surface area contributed by atoms with Crippen LogP contribution in [0.15, 0.2) is 18.3 Å². The average molecular weight is 157 g/mol. The minimum atomic E-state index is -0.0164. The molecular formula is C7H9ClN2. The quantitative estimate of drug-likeness (QED) is 0.673. The van der Waals surface area contributed by atoms with E-state index in [0.717, 1.165) is 5.69 Å². The van der Waals surface area contributed by atoms with E-state index in [-0.39, 0.29) is 6.04 Å². The molecule has 0 aliphatic rings. The Hall–Kier alpha value is -0.600. The molecule has 1 aromatic rings. The molecule has 2 N–H and O–H groups in total. The molecule has 0 amide bonds. The van der Waals surface area contributed by atoms with Gasteiger partial charge in [0.25, 0.3) is 0 Å². The van der Waals surface area contributed by atoms with Crippen LogP contribution in [-0.4, -0.2) is 4.98 Å². The summed E-state index contributed by atoms with van der Waals surface area (Å²) in [7, 11) is 0. The molecular weight excluding hydrogens is 148 g/mol. The molecule has 0 spiro atoms. The van der Waals surface area contributed by atoms with E-state index in [0.29, 0.717) is 5.02 Å². The fraction of sp³-hybridized carbons (Fsp3) is 0.286. The molecule has 0 unspecified atom stereocenters. The van der Waals surface area contributed by atoms with Gasteiger partial charge in [0.2, 0.25) is 0 Å². The Kier molecular flexibility index (Phi) is 2.25. The Labute approximate surface area is 65.0 Å². The van der Waals surface area contributed by atoms with Gasteiger partial charge in [0, 0.05) is 12.2 Å². The third-order valence-corrected chi connectivity index (χ3v) is 1.44. The molecule has 0 saturated carbocycles. The maximum atomic E-state index is 5.61. The largest absolute Gasteiger partial charge is 0.323 e. The van der Waals surface area contributed by atoms with Gasteiger partial charge < -0.3 is 5.73 Å². The van der Waals surface area contributed by atoms with Crippen LogP contribution in [0, 0.1) is 0 Å². The standard InChI is InChI=1S/C7H9ClN2/c1-5(9)7-3-2-6(8)4-10-7/h2-5H,9H2,1H3/t5-/m0/s1. The molecule has 0 bridgehead atoms. The lowest BCUT2D eigenvalue weighted by Crippen LogP contribution is -2.06. The fourth-order valence-corrected chi connectivity index (χ4v) is 0.768. The molecule has 10 heavy (non-hydrogen) atoms. The highest BCUT2D eigenvalue weighted by Crippen LogP contribution is 2.09. The van der Waals surface area contributed by atoms with Crippen molar-refractivity contribution in [3.8, 4) is 0 Å². The lowest BCUT2D eigenvalue weighted by molar-refractivity contribution is 0.781. The van der Waals surface area contributed by atoms with Crippen LogP contribution in [0.4, 0.5) is 0 Å². The van der Waals surface area contributed by atoms with Gasteiger partial charge in [-0.2, -0.15) is 0 Å². The van der Waals surface area contributed by atoms with Gasteiger partial charge >= 0.3 is 0 Å². The minimum absolute atomic E-state index is 0.0164. The fourth-order valence-electron chi connectivity index (χ4n) is 0.657. The van der Waals surface area contributed by atoms with Gasteiger partial charge in [0.05, 0.1) is 10.7 Å². The first-order valence-corrected chi connectivity index (χ1v) is 3.45. The summed E-state index contributed by atoms with van der Waals surface area (Å²) in [5.41, 5.74) is 6.42. The summed E-state index contributed by atoms with van der Waals surface area (Å²) >= 11 is 5.61. The SMILES string of the molecule is C[C@H](N)c1ccc(Cl)cn1. The van der Waals surface area contributed by atoms with Gasteiger partial charge in [-0.1, -0.05) is 11.6 Å². The van der Waals surface area contributed by atoms with E-state index in [4.69, 9.17) is 17.3 Å². The zero-order chi connectivity index (χ0) is 7.56. The zero-order valence-electron chi connectivity index (χ0n) is 5.71. The number of aromatic nitrogens is 1.